The number of nitrogens with zero attached hydrogens (tertiary/aromatic N) is 2. The maximum absolute atomic E-state index is 11.9. The Hall–Kier alpha value is -2.86. The second-order valence-electron chi connectivity index (χ2n) is 4.65. The predicted molar refractivity (Wildman–Crippen MR) is 86.8 cm³/mol. The number of amides is 1. The molecule has 2 heterocycles. The minimum atomic E-state index is -0.446. The van der Waals surface area contributed by atoms with Crippen LogP contribution in [0.25, 0.3) is 10.9 Å². The summed E-state index contributed by atoms with van der Waals surface area (Å²) in [5, 5.41) is 13.3. The first-order chi connectivity index (χ1) is 11.1. The topological polar surface area (TPSA) is 84.3 Å². The van der Waals surface area contributed by atoms with Gasteiger partial charge in [0.15, 0.2) is 18.2 Å². The molecule has 2 N–H and O–H groups in total. The van der Waals surface area contributed by atoms with Crippen molar-refractivity contribution >= 4 is 34.2 Å². The molecule has 0 bridgehead atoms. The van der Waals surface area contributed by atoms with Gasteiger partial charge in [-0.05, 0) is 36.4 Å². The zero-order chi connectivity index (χ0) is 16.2. The number of hydrogen-bond acceptors (Lipinski definition) is 5. The van der Waals surface area contributed by atoms with Crippen molar-refractivity contribution in [2.24, 2.45) is 0 Å². The lowest BCUT2D eigenvalue weighted by molar-refractivity contribution is -0.118. The van der Waals surface area contributed by atoms with Gasteiger partial charge in [0.1, 0.15) is 11.3 Å². The van der Waals surface area contributed by atoms with Gasteiger partial charge >= 0.3 is 0 Å². The van der Waals surface area contributed by atoms with Crippen molar-refractivity contribution in [3.63, 3.8) is 0 Å². The van der Waals surface area contributed by atoms with Gasteiger partial charge in [-0.3, -0.25) is 9.78 Å². The molecule has 7 heteroatoms. The molecule has 0 saturated carbocycles. The van der Waals surface area contributed by atoms with Crippen LogP contribution < -0.4 is 10.1 Å². The predicted octanol–water partition coefficient (Wildman–Crippen LogP) is 3.01. The summed E-state index contributed by atoms with van der Waals surface area (Å²) in [7, 11) is 0. The van der Waals surface area contributed by atoms with Gasteiger partial charge in [-0.15, -0.1) is 0 Å². The molecule has 0 saturated heterocycles. The van der Waals surface area contributed by atoms with Gasteiger partial charge in [-0.2, -0.15) is 0 Å². The lowest BCUT2D eigenvalue weighted by Gasteiger charge is -2.10. The highest BCUT2D eigenvalue weighted by Crippen LogP contribution is 2.29. The van der Waals surface area contributed by atoms with E-state index in [1.165, 1.54) is 12.3 Å². The van der Waals surface area contributed by atoms with E-state index in [-0.39, 0.29) is 18.2 Å². The lowest BCUT2D eigenvalue weighted by Crippen LogP contribution is -2.20. The summed E-state index contributed by atoms with van der Waals surface area (Å²) >= 11 is 6.11. The number of carbonyl (C=O) groups is 1. The van der Waals surface area contributed by atoms with Crippen LogP contribution in [0.15, 0.2) is 48.8 Å². The van der Waals surface area contributed by atoms with E-state index in [9.17, 15) is 9.90 Å². The van der Waals surface area contributed by atoms with E-state index in [1.807, 2.05) is 6.07 Å². The van der Waals surface area contributed by atoms with Crippen molar-refractivity contribution in [2.75, 3.05) is 11.9 Å². The van der Waals surface area contributed by atoms with E-state index in [2.05, 4.69) is 15.3 Å². The second-order valence-corrected chi connectivity index (χ2v) is 5.06. The van der Waals surface area contributed by atoms with Crippen molar-refractivity contribution in [1.29, 1.82) is 0 Å². The maximum atomic E-state index is 11.9. The van der Waals surface area contributed by atoms with E-state index in [4.69, 9.17) is 16.3 Å². The van der Waals surface area contributed by atoms with Gasteiger partial charge in [-0.1, -0.05) is 11.6 Å². The molecule has 1 aromatic carbocycles. The van der Waals surface area contributed by atoms with E-state index in [0.29, 0.717) is 16.3 Å². The van der Waals surface area contributed by atoms with Crippen molar-refractivity contribution in [2.45, 2.75) is 0 Å². The molecule has 0 unspecified atom stereocenters. The average molecular weight is 330 g/mol. The average Bonchev–Trinajstić information content (AvgIpc) is 2.57. The third-order valence-electron chi connectivity index (χ3n) is 3.08. The zero-order valence-corrected chi connectivity index (χ0v) is 12.6. The van der Waals surface area contributed by atoms with Crippen molar-refractivity contribution in [3.05, 3.63) is 53.8 Å². The highest BCUT2D eigenvalue weighted by atomic mass is 35.5. The van der Waals surface area contributed by atoms with Crippen LogP contribution in [0.1, 0.15) is 0 Å². The molecule has 1 amide bonds. The SMILES string of the molecule is O=C(COc1ccc(Cl)c2cccnc12)Nc1ncccc1O. The first-order valence-electron chi connectivity index (χ1n) is 6.75. The molecule has 0 aliphatic carbocycles. The number of aromatic nitrogens is 2. The molecular weight excluding hydrogens is 318 g/mol. The van der Waals surface area contributed by atoms with E-state index >= 15 is 0 Å². The van der Waals surface area contributed by atoms with Crippen LogP contribution in [-0.4, -0.2) is 27.6 Å². The normalized spacial score (nSPS) is 10.5. The lowest BCUT2D eigenvalue weighted by atomic mass is 10.2. The number of pyridine rings is 2. The summed E-state index contributed by atoms with van der Waals surface area (Å²) in [6, 6.07) is 9.93. The van der Waals surface area contributed by atoms with Gasteiger partial charge in [-0.25, -0.2) is 4.98 Å². The monoisotopic (exact) mass is 329 g/mol. The minimum Gasteiger partial charge on any atom is -0.504 e. The second kappa shape index (κ2) is 6.50. The largest absolute Gasteiger partial charge is 0.504 e. The number of aromatic hydroxyl groups is 1. The smallest absolute Gasteiger partial charge is 0.263 e. The fourth-order valence-corrected chi connectivity index (χ4v) is 2.25. The Bertz CT molecular complexity index is 870. The fraction of sp³-hybridized carbons (Fsp3) is 0.0625. The summed E-state index contributed by atoms with van der Waals surface area (Å²) in [5.41, 5.74) is 0.577. The zero-order valence-electron chi connectivity index (χ0n) is 11.9. The molecule has 0 radical (unpaired) electrons. The highest BCUT2D eigenvalue weighted by molar-refractivity contribution is 6.35. The van der Waals surface area contributed by atoms with Gasteiger partial charge in [0, 0.05) is 17.8 Å². The molecular formula is C16H12ClN3O3. The van der Waals surface area contributed by atoms with Crippen LogP contribution in [0.5, 0.6) is 11.5 Å². The van der Waals surface area contributed by atoms with E-state index in [1.54, 1.807) is 30.5 Å². The number of carbonyl (C=O) groups excluding carboxylic acids is 1. The number of anilines is 1. The molecule has 6 nitrogen and oxygen atoms in total. The number of halogens is 1. The first-order valence-corrected chi connectivity index (χ1v) is 7.13. The molecule has 0 aliphatic heterocycles. The Balaban J connectivity index is 1.73. The number of nitrogens with one attached hydrogen (secondary N) is 1. The van der Waals surface area contributed by atoms with Crippen LogP contribution in [0.4, 0.5) is 5.82 Å². The summed E-state index contributed by atoms with van der Waals surface area (Å²) in [6.45, 7) is -0.247. The first kappa shape index (κ1) is 15.1. The summed E-state index contributed by atoms with van der Waals surface area (Å²) in [6.07, 6.45) is 3.09. The van der Waals surface area contributed by atoms with Crippen LogP contribution in [0.2, 0.25) is 5.02 Å². The van der Waals surface area contributed by atoms with Gasteiger partial charge in [0.2, 0.25) is 0 Å². The van der Waals surface area contributed by atoms with Crippen LogP contribution >= 0.6 is 11.6 Å². The van der Waals surface area contributed by atoms with Gasteiger partial charge in [0.05, 0.1) is 5.02 Å². The van der Waals surface area contributed by atoms with Crippen LogP contribution in [0.3, 0.4) is 0 Å². The molecule has 2 aromatic heterocycles. The molecule has 23 heavy (non-hydrogen) atoms. The molecule has 0 fully saturated rings. The number of ether oxygens (including phenoxy) is 1. The number of hydrogen-bond donors (Lipinski definition) is 2. The van der Waals surface area contributed by atoms with Gasteiger partial charge in [0.25, 0.3) is 5.91 Å². The number of fused-ring (bicyclic) bond motifs is 1. The Morgan fingerprint density at radius 2 is 1.96 bits per heavy atom. The third kappa shape index (κ3) is 3.32. The molecule has 116 valence electrons. The van der Waals surface area contributed by atoms with Crippen molar-refractivity contribution in [3.8, 4) is 11.5 Å². The van der Waals surface area contributed by atoms with Crippen molar-refractivity contribution in [1.82, 2.24) is 9.97 Å². The Morgan fingerprint density at radius 1 is 1.17 bits per heavy atom. The number of rotatable bonds is 4. The number of benzene rings is 1. The fourth-order valence-electron chi connectivity index (χ4n) is 2.03. The molecule has 3 aromatic rings. The molecule has 3 rings (SSSR count). The molecule has 0 spiro atoms. The van der Waals surface area contributed by atoms with Gasteiger partial charge < -0.3 is 15.2 Å². The van der Waals surface area contributed by atoms with E-state index in [0.717, 1.165) is 5.39 Å². The summed E-state index contributed by atoms with van der Waals surface area (Å²) in [5.74, 6) is -0.0249. The molecule has 0 atom stereocenters. The maximum Gasteiger partial charge on any atom is 0.263 e. The Labute approximate surface area is 136 Å². The standard InChI is InChI=1S/C16H12ClN3O3/c17-11-5-6-13(15-10(11)3-1-7-18-15)23-9-14(22)20-16-12(21)4-2-8-19-16/h1-8,21H,9H2,(H,19,20,22). The Morgan fingerprint density at radius 3 is 2.78 bits per heavy atom. The summed E-state index contributed by atoms with van der Waals surface area (Å²) in [4.78, 5) is 20.0. The Kier molecular flexibility index (Phi) is 4.25. The van der Waals surface area contributed by atoms with Crippen LogP contribution in [-0.2, 0) is 4.79 Å². The quantitative estimate of drug-likeness (QED) is 0.768. The van der Waals surface area contributed by atoms with E-state index < -0.39 is 5.91 Å². The molecule has 0 aliphatic rings. The van der Waals surface area contributed by atoms with Crippen molar-refractivity contribution < 1.29 is 14.6 Å². The van der Waals surface area contributed by atoms with Crippen LogP contribution in [0, 0.1) is 0 Å². The summed E-state index contributed by atoms with van der Waals surface area (Å²) < 4.78 is 5.51. The highest BCUT2D eigenvalue weighted by Gasteiger charge is 2.11. The third-order valence-corrected chi connectivity index (χ3v) is 3.41. The minimum absolute atomic E-state index is 0.0835.